The zero-order valence-electron chi connectivity index (χ0n) is 19.3. The Hall–Kier alpha value is -2.43. The molecule has 0 amide bonds. The second-order valence-corrected chi connectivity index (χ2v) is 6.82. The fraction of sp³-hybridized carbons (Fsp3) is 0.423. The molecule has 30 heavy (non-hydrogen) atoms. The van der Waals surface area contributed by atoms with Crippen molar-refractivity contribution >= 4 is 0 Å². The molecule has 166 valence electrons. The lowest BCUT2D eigenvalue weighted by atomic mass is 10.1. The monoisotopic (exact) mass is 412 g/mol. The number of aryl methyl sites for hydroxylation is 2. The lowest BCUT2D eigenvalue weighted by Crippen LogP contribution is -2.36. The van der Waals surface area contributed by atoms with E-state index in [-0.39, 0.29) is 0 Å². The van der Waals surface area contributed by atoms with Gasteiger partial charge in [-0.1, -0.05) is 76.3 Å². The van der Waals surface area contributed by atoms with Crippen LogP contribution in [-0.2, 0) is 11.2 Å². The van der Waals surface area contributed by atoms with E-state index in [0.29, 0.717) is 11.8 Å². The Morgan fingerprint density at radius 1 is 1.17 bits per heavy atom. The van der Waals surface area contributed by atoms with E-state index in [1.807, 2.05) is 49.6 Å². The Balaban J connectivity index is 0.000000769. The van der Waals surface area contributed by atoms with Crippen molar-refractivity contribution in [3.8, 4) is 0 Å². The minimum Gasteiger partial charge on any atom is -0.497 e. The molecule has 0 bridgehead atoms. The fourth-order valence-electron chi connectivity index (χ4n) is 2.52. The smallest absolute Gasteiger partial charge is 0.128 e. The summed E-state index contributed by atoms with van der Waals surface area (Å²) >= 11 is 0. The van der Waals surface area contributed by atoms with Gasteiger partial charge in [-0.2, -0.15) is 0 Å². The van der Waals surface area contributed by atoms with Crippen LogP contribution >= 0.6 is 0 Å². The van der Waals surface area contributed by atoms with Crippen LogP contribution in [0.3, 0.4) is 0 Å². The predicted molar refractivity (Wildman–Crippen MR) is 129 cm³/mol. The number of hydrogen-bond donors (Lipinski definition) is 2. The molecule has 1 rings (SSSR count). The Morgan fingerprint density at radius 2 is 1.87 bits per heavy atom. The van der Waals surface area contributed by atoms with Gasteiger partial charge < -0.3 is 9.84 Å². The molecule has 0 aliphatic heterocycles. The van der Waals surface area contributed by atoms with Gasteiger partial charge in [-0.3, -0.25) is 10.3 Å². The van der Waals surface area contributed by atoms with Crippen LogP contribution in [0, 0.1) is 6.92 Å². The number of ether oxygens (including phenoxy) is 1. The molecule has 4 nitrogen and oxygen atoms in total. The van der Waals surface area contributed by atoms with Crippen molar-refractivity contribution in [2.24, 2.45) is 0 Å². The van der Waals surface area contributed by atoms with Crippen molar-refractivity contribution < 1.29 is 9.84 Å². The molecule has 0 radical (unpaired) electrons. The molecule has 0 aromatic carbocycles. The van der Waals surface area contributed by atoms with Crippen LogP contribution in [0.25, 0.3) is 0 Å². The highest BCUT2D eigenvalue weighted by Gasteiger charge is 2.09. The molecule has 0 saturated heterocycles. The first-order chi connectivity index (χ1) is 14.5. The molecule has 0 saturated carbocycles. The topological polar surface area (TPSA) is 54.4 Å². The number of pyridine rings is 1. The summed E-state index contributed by atoms with van der Waals surface area (Å²) in [6.07, 6.45) is 20.0. The maximum Gasteiger partial charge on any atom is 0.128 e. The van der Waals surface area contributed by atoms with Crippen molar-refractivity contribution in [1.29, 1.82) is 0 Å². The van der Waals surface area contributed by atoms with Gasteiger partial charge in [0.05, 0.1) is 7.11 Å². The minimum atomic E-state index is -0.703. The van der Waals surface area contributed by atoms with Crippen molar-refractivity contribution in [1.82, 2.24) is 10.3 Å². The third-order valence-electron chi connectivity index (χ3n) is 4.27. The summed E-state index contributed by atoms with van der Waals surface area (Å²) < 4.78 is 5.23. The standard InChI is InChI=1S/C18H29NO2.C8H11N/c1-5-8-9-10-11-12-14-17(21-4)15-18(20)19-16(7-3)13-6-2;1-3-8-5-4-7(2)6-9-8/h5,8-12,14-16,18-20H,1,6-7,13H2,2-4H3;4-6H,3H2,1-2H3/b9-8+,11-10-,14-12+,17-15-;. The van der Waals surface area contributed by atoms with Crippen molar-refractivity contribution in [2.75, 3.05) is 7.11 Å². The van der Waals surface area contributed by atoms with Crippen LogP contribution in [-0.4, -0.2) is 29.5 Å². The van der Waals surface area contributed by atoms with Crippen LogP contribution in [0.2, 0.25) is 0 Å². The van der Waals surface area contributed by atoms with Gasteiger partial charge in [-0.25, -0.2) is 0 Å². The van der Waals surface area contributed by atoms with Gasteiger partial charge in [0, 0.05) is 24.0 Å². The molecular weight excluding hydrogens is 372 g/mol. The number of aromatic nitrogens is 1. The lowest BCUT2D eigenvalue weighted by Gasteiger charge is -2.19. The zero-order valence-corrected chi connectivity index (χ0v) is 19.3. The molecule has 2 unspecified atom stereocenters. The first-order valence-corrected chi connectivity index (χ1v) is 10.7. The van der Waals surface area contributed by atoms with Gasteiger partial charge in [0.2, 0.25) is 0 Å². The van der Waals surface area contributed by atoms with Gasteiger partial charge >= 0.3 is 0 Å². The van der Waals surface area contributed by atoms with E-state index >= 15 is 0 Å². The summed E-state index contributed by atoms with van der Waals surface area (Å²) in [5.41, 5.74) is 2.40. The molecule has 1 aromatic heterocycles. The Morgan fingerprint density at radius 3 is 2.40 bits per heavy atom. The van der Waals surface area contributed by atoms with E-state index < -0.39 is 6.23 Å². The molecule has 1 heterocycles. The first kappa shape index (κ1) is 27.6. The summed E-state index contributed by atoms with van der Waals surface area (Å²) in [5.74, 6) is 0.624. The predicted octanol–water partition coefficient (Wildman–Crippen LogP) is 5.81. The summed E-state index contributed by atoms with van der Waals surface area (Å²) in [4.78, 5) is 4.20. The van der Waals surface area contributed by atoms with E-state index in [4.69, 9.17) is 4.74 Å². The largest absolute Gasteiger partial charge is 0.497 e. The fourth-order valence-corrected chi connectivity index (χ4v) is 2.52. The molecule has 0 aliphatic carbocycles. The molecule has 2 N–H and O–H groups in total. The van der Waals surface area contributed by atoms with Crippen LogP contribution in [0.15, 0.2) is 79.3 Å². The van der Waals surface area contributed by atoms with E-state index in [9.17, 15) is 5.11 Å². The second-order valence-electron chi connectivity index (χ2n) is 6.82. The second kappa shape index (κ2) is 18.6. The molecule has 0 aliphatic rings. The molecule has 4 heteroatoms. The lowest BCUT2D eigenvalue weighted by molar-refractivity contribution is 0.157. The average molecular weight is 413 g/mol. The number of methoxy groups -OCH3 is 1. The van der Waals surface area contributed by atoms with E-state index in [2.05, 4.69) is 49.8 Å². The van der Waals surface area contributed by atoms with Gasteiger partial charge in [0.15, 0.2) is 0 Å². The number of nitrogens with one attached hydrogen (secondary N) is 1. The van der Waals surface area contributed by atoms with Crippen LogP contribution < -0.4 is 5.32 Å². The summed E-state index contributed by atoms with van der Waals surface area (Å²) in [6, 6.07) is 4.48. The third-order valence-corrected chi connectivity index (χ3v) is 4.27. The van der Waals surface area contributed by atoms with Crippen molar-refractivity contribution in [2.45, 2.75) is 65.6 Å². The Kier molecular flexibility index (Phi) is 17.1. The Labute approximate surface area is 183 Å². The van der Waals surface area contributed by atoms with Gasteiger partial charge in [-0.15, -0.1) is 0 Å². The van der Waals surface area contributed by atoms with Crippen LogP contribution in [0.5, 0.6) is 0 Å². The number of rotatable bonds is 12. The Bertz CT molecular complexity index is 673. The normalized spacial score (nSPS) is 14.0. The first-order valence-electron chi connectivity index (χ1n) is 10.7. The van der Waals surface area contributed by atoms with E-state index in [1.54, 1.807) is 19.3 Å². The van der Waals surface area contributed by atoms with Crippen LogP contribution in [0.1, 0.15) is 51.3 Å². The van der Waals surface area contributed by atoms with Crippen molar-refractivity contribution in [3.63, 3.8) is 0 Å². The number of aliphatic hydroxyl groups excluding tert-OH is 1. The van der Waals surface area contributed by atoms with E-state index in [1.165, 1.54) is 11.3 Å². The highest BCUT2D eigenvalue weighted by Crippen LogP contribution is 2.05. The maximum absolute atomic E-state index is 10.0. The molecular formula is C26H40N2O2. The maximum atomic E-state index is 10.0. The molecule has 0 spiro atoms. The summed E-state index contributed by atoms with van der Waals surface area (Å²) in [6.45, 7) is 12.0. The SMILES string of the molecule is C=C/C=C/C=C\C=C\C(=C\C(O)NC(CC)CCC)OC.CCc1ccc(C)cn1. The highest BCUT2D eigenvalue weighted by molar-refractivity contribution is 5.21. The summed E-state index contributed by atoms with van der Waals surface area (Å²) in [7, 11) is 1.59. The molecule has 2 atom stereocenters. The van der Waals surface area contributed by atoms with E-state index in [0.717, 1.165) is 25.7 Å². The third kappa shape index (κ3) is 14.6. The molecule has 0 fully saturated rings. The number of aliphatic hydroxyl groups is 1. The van der Waals surface area contributed by atoms with Gasteiger partial charge in [0.1, 0.15) is 12.0 Å². The zero-order chi connectivity index (χ0) is 22.6. The van der Waals surface area contributed by atoms with Crippen LogP contribution in [0.4, 0.5) is 0 Å². The van der Waals surface area contributed by atoms with Crippen molar-refractivity contribution in [3.05, 3.63) is 90.5 Å². The van der Waals surface area contributed by atoms with Gasteiger partial charge in [0.25, 0.3) is 0 Å². The average Bonchev–Trinajstić information content (AvgIpc) is 2.76. The number of hydrogen-bond acceptors (Lipinski definition) is 4. The molecule has 1 aromatic rings. The quantitative estimate of drug-likeness (QED) is 0.258. The highest BCUT2D eigenvalue weighted by atomic mass is 16.5. The summed E-state index contributed by atoms with van der Waals surface area (Å²) in [5, 5.41) is 13.2. The number of nitrogens with zero attached hydrogens (tertiary/aromatic N) is 1. The van der Waals surface area contributed by atoms with Gasteiger partial charge in [-0.05, 0) is 43.9 Å². The number of allylic oxidation sites excluding steroid dienone is 7. The minimum absolute atomic E-state index is 0.326.